The third-order valence-electron chi connectivity index (χ3n) is 4.37. The lowest BCUT2D eigenvalue weighted by molar-refractivity contribution is -0.110. The molecule has 0 aromatic rings. The van der Waals surface area contributed by atoms with Gasteiger partial charge >= 0.3 is 0 Å². The fourth-order valence-corrected chi connectivity index (χ4v) is 3.10. The van der Waals surface area contributed by atoms with Crippen molar-refractivity contribution in [2.24, 2.45) is 16.7 Å². The summed E-state index contributed by atoms with van der Waals surface area (Å²) in [6, 6.07) is 0. The largest absolute Gasteiger partial charge is 0.0683 e. The van der Waals surface area contributed by atoms with Crippen LogP contribution >= 0.6 is 0 Å². The van der Waals surface area contributed by atoms with Crippen molar-refractivity contribution in [3.05, 3.63) is 0 Å². The molecule has 0 saturated heterocycles. The number of hydrogen-bond acceptors (Lipinski definition) is 0. The van der Waals surface area contributed by atoms with E-state index in [9.17, 15) is 0 Å². The lowest BCUT2D eigenvalue weighted by Gasteiger charge is -2.62. The van der Waals surface area contributed by atoms with Crippen molar-refractivity contribution in [2.75, 3.05) is 0 Å². The minimum Gasteiger partial charge on any atom is -0.0683 e. The summed E-state index contributed by atoms with van der Waals surface area (Å²) in [5, 5.41) is 0. The second-order valence-corrected chi connectivity index (χ2v) is 5.52. The molecule has 0 heterocycles. The van der Waals surface area contributed by atoms with Crippen LogP contribution in [0.25, 0.3) is 0 Å². The maximum Gasteiger partial charge on any atom is -0.0287 e. The molecule has 2 rings (SSSR count). The third-order valence-corrected chi connectivity index (χ3v) is 4.37. The summed E-state index contributed by atoms with van der Waals surface area (Å²) in [4.78, 5) is 0. The zero-order valence-corrected chi connectivity index (χ0v) is 10.1. The van der Waals surface area contributed by atoms with Gasteiger partial charge in [-0.05, 0) is 42.4 Å². The molecule has 0 unspecified atom stereocenters. The summed E-state index contributed by atoms with van der Waals surface area (Å²) in [6.07, 6.45) is 7.63. The highest BCUT2D eigenvalue weighted by Crippen LogP contribution is 2.66. The van der Waals surface area contributed by atoms with E-state index in [2.05, 4.69) is 20.8 Å². The lowest BCUT2D eigenvalue weighted by atomic mass is 9.43. The molecule has 0 nitrogen and oxygen atoms in total. The van der Waals surface area contributed by atoms with Gasteiger partial charge in [0.25, 0.3) is 0 Å². The summed E-state index contributed by atoms with van der Waals surface area (Å²) in [5.74, 6) is 0.897. The van der Waals surface area contributed by atoms with E-state index in [1.165, 1.54) is 32.1 Å². The van der Waals surface area contributed by atoms with Gasteiger partial charge in [0.15, 0.2) is 0 Å². The van der Waals surface area contributed by atoms with Crippen molar-refractivity contribution >= 4 is 0 Å². The molecule has 0 atom stereocenters. The molecular formula is C13H26. The maximum absolute atomic E-state index is 2.47. The van der Waals surface area contributed by atoms with Crippen LogP contribution in [0.1, 0.15) is 66.7 Å². The van der Waals surface area contributed by atoms with E-state index in [0.29, 0.717) is 5.41 Å². The average molecular weight is 182 g/mol. The number of rotatable bonds is 1. The summed E-state index contributed by atoms with van der Waals surface area (Å²) >= 11 is 0. The maximum atomic E-state index is 2.47. The van der Waals surface area contributed by atoms with Crippen molar-refractivity contribution in [2.45, 2.75) is 66.7 Å². The van der Waals surface area contributed by atoms with Gasteiger partial charge < -0.3 is 0 Å². The molecule has 0 aromatic heterocycles. The number of hydrogen-bond donors (Lipinski definition) is 0. The van der Waals surface area contributed by atoms with E-state index >= 15 is 0 Å². The quantitative estimate of drug-likeness (QED) is 0.554. The van der Waals surface area contributed by atoms with Gasteiger partial charge in [-0.15, -0.1) is 0 Å². The van der Waals surface area contributed by atoms with E-state index in [4.69, 9.17) is 0 Å². The molecule has 13 heavy (non-hydrogen) atoms. The normalized spacial score (nSPS) is 27.2. The van der Waals surface area contributed by atoms with Gasteiger partial charge in [-0.3, -0.25) is 0 Å². The monoisotopic (exact) mass is 182 g/mol. The Kier molecular flexibility index (Phi) is 3.09. The summed E-state index contributed by atoms with van der Waals surface area (Å²) < 4.78 is 0. The van der Waals surface area contributed by atoms with E-state index in [1.807, 2.05) is 13.8 Å². The molecular weight excluding hydrogens is 156 g/mol. The molecule has 0 amide bonds. The zero-order chi connectivity index (χ0) is 10.1. The molecule has 2 saturated carbocycles. The van der Waals surface area contributed by atoms with Gasteiger partial charge in [0, 0.05) is 0 Å². The zero-order valence-electron chi connectivity index (χ0n) is 10.1. The Hall–Kier alpha value is 0. The lowest BCUT2D eigenvalue weighted by Crippen LogP contribution is -2.51. The van der Waals surface area contributed by atoms with Crippen molar-refractivity contribution in [3.63, 3.8) is 0 Å². The van der Waals surface area contributed by atoms with Crippen LogP contribution in [0, 0.1) is 16.7 Å². The first-order chi connectivity index (χ1) is 6.06. The topological polar surface area (TPSA) is 0 Å². The fraction of sp³-hybridized carbons (Fsp3) is 1.00. The van der Waals surface area contributed by atoms with Crippen LogP contribution in [0.3, 0.4) is 0 Å². The summed E-state index contributed by atoms with van der Waals surface area (Å²) in [5.41, 5.74) is 1.57. The van der Waals surface area contributed by atoms with Gasteiger partial charge in [0.2, 0.25) is 0 Å². The van der Waals surface area contributed by atoms with Crippen LogP contribution in [0.2, 0.25) is 0 Å². The van der Waals surface area contributed by atoms with Crippen molar-refractivity contribution in [1.82, 2.24) is 0 Å². The van der Waals surface area contributed by atoms with Gasteiger partial charge in [-0.25, -0.2) is 0 Å². The first-order valence-electron chi connectivity index (χ1n) is 6.06. The Morgan fingerprint density at radius 1 is 1.00 bits per heavy atom. The Labute approximate surface area is 84.1 Å². The molecule has 2 aliphatic rings. The molecule has 0 bridgehead atoms. The minimum absolute atomic E-state index is 0.709. The van der Waals surface area contributed by atoms with E-state index in [0.717, 1.165) is 11.3 Å². The Bertz CT molecular complexity index is 155. The molecule has 0 heteroatoms. The van der Waals surface area contributed by atoms with Crippen molar-refractivity contribution in [1.29, 1.82) is 0 Å². The van der Waals surface area contributed by atoms with Crippen LogP contribution in [0.15, 0.2) is 0 Å². The van der Waals surface area contributed by atoms with Gasteiger partial charge in [0.1, 0.15) is 0 Å². The van der Waals surface area contributed by atoms with Crippen LogP contribution in [0.4, 0.5) is 0 Å². The average Bonchev–Trinajstić information content (AvgIpc) is 1.98. The van der Waals surface area contributed by atoms with Gasteiger partial charge in [-0.2, -0.15) is 0 Å². The van der Waals surface area contributed by atoms with Crippen molar-refractivity contribution in [3.8, 4) is 0 Å². The first-order valence-corrected chi connectivity index (χ1v) is 6.06. The van der Waals surface area contributed by atoms with Crippen LogP contribution < -0.4 is 0 Å². The Morgan fingerprint density at radius 2 is 1.46 bits per heavy atom. The molecule has 0 radical (unpaired) electrons. The third kappa shape index (κ3) is 1.78. The predicted octanol–water partition coefficient (Wildman–Crippen LogP) is 4.64. The van der Waals surface area contributed by atoms with Gasteiger partial charge in [-0.1, -0.05) is 41.0 Å². The first kappa shape index (κ1) is 11.1. The highest BCUT2D eigenvalue weighted by molar-refractivity contribution is 5.05. The van der Waals surface area contributed by atoms with Gasteiger partial charge in [0.05, 0.1) is 0 Å². The highest BCUT2D eigenvalue weighted by atomic mass is 14.6. The summed E-state index contributed by atoms with van der Waals surface area (Å²) in [6.45, 7) is 11.2. The van der Waals surface area contributed by atoms with E-state index in [1.54, 1.807) is 0 Å². The van der Waals surface area contributed by atoms with E-state index < -0.39 is 0 Å². The molecule has 0 N–H and O–H groups in total. The standard InChI is InChI=1S/C11H20.C2H6/c1-9(2)10(3)7-11(8-10)5-4-6-11;1-2/h9H,4-8H2,1-3H3;1-2H3. The second kappa shape index (κ2) is 3.63. The Balaban J connectivity index is 0.000000396. The predicted molar refractivity (Wildman–Crippen MR) is 59.8 cm³/mol. The van der Waals surface area contributed by atoms with Crippen molar-refractivity contribution < 1.29 is 0 Å². The fourth-order valence-electron chi connectivity index (χ4n) is 3.10. The minimum atomic E-state index is 0.709. The molecule has 2 aliphatic carbocycles. The second-order valence-electron chi connectivity index (χ2n) is 5.52. The highest BCUT2D eigenvalue weighted by Gasteiger charge is 2.55. The molecule has 78 valence electrons. The summed E-state index contributed by atoms with van der Waals surface area (Å²) in [7, 11) is 0. The molecule has 0 aliphatic heterocycles. The van der Waals surface area contributed by atoms with Crippen LogP contribution in [0.5, 0.6) is 0 Å². The smallest absolute Gasteiger partial charge is 0.0287 e. The van der Waals surface area contributed by atoms with E-state index in [-0.39, 0.29) is 0 Å². The SMILES string of the molecule is CC.CC(C)C1(C)CC2(CCC2)C1. The molecule has 0 aromatic carbocycles. The van der Waals surface area contributed by atoms with Crippen LogP contribution in [-0.2, 0) is 0 Å². The van der Waals surface area contributed by atoms with Crippen LogP contribution in [-0.4, -0.2) is 0 Å². The molecule has 2 fully saturated rings. The molecule has 1 spiro atoms. The Morgan fingerprint density at radius 3 is 1.69 bits per heavy atom.